The van der Waals surface area contributed by atoms with Crippen LogP contribution in [0.25, 0.3) is 22.2 Å². The summed E-state index contributed by atoms with van der Waals surface area (Å²) in [5.41, 5.74) is 5.37. The lowest BCUT2D eigenvalue weighted by Crippen LogP contribution is -2.12. The molecular weight excluding hydrogens is 276 g/mol. The van der Waals surface area contributed by atoms with Gasteiger partial charge in [0.25, 0.3) is 0 Å². The van der Waals surface area contributed by atoms with Gasteiger partial charge in [0.05, 0.1) is 12.6 Å². The van der Waals surface area contributed by atoms with Crippen LogP contribution in [0.1, 0.15) is 11.1 Å². The number of aryl methyl sites for hydroxylation is 1. The highest BCUT2D eigenvalue weighted by molar-refractivity contribution is 5.94. The lowest BCUT2D eigenvalue weighted by Gasteiger charge is -2.06. The molecule has 22 heavy (non-hydrogen) atoms. The van der Waals surface area contributed by atoms with E-state index in [2.05, 4.69) is 31.1 Å². The zero-order valence-corrected chi connectivity index (χ0v) is 13.0. The number of ether oxygens (including phenoxy) is 1. The lowest BCUT2D eigenvalue weighted by molar-refractivity contribution is -0.141. The smallest absolute Gasteiger partial charge is 0.327 e. The zero-order valence-electron chi connectivity index (χ0n) is 13.0. The second kappa shape index (κ2) is 5.64. The van der Waals surface area contributed by atoms with E-state index in [1.54, 1.807) is 4.68 Å². The first-order valence-electron chi connectivity index (χ1n) is 7.20. The van der Waals surface area contributed by atoms with Gasteiger partial charge in [0, 0.05) is 10.9 Å². The van der Waals surface area contributed by atoms with E-state index in [1.165, 1.54) is 18.2 Å². The van der Waals surface area contributed by atoms with Crippen molar-refractivity contribution in [2.75, 3.05) is 7.11 Å². The molecule has 4 heteroatoms. The number of nitrogens with zero attached hydrogens (tertiary/aromatic N) is 2. The van der Waals surface area contributed by atoms with Gasteiger partial charge in [-0.05, 0) is 31.0 Å². The molecule has 3 rings (SSSR count). The summed E-state index contributed by atoms with van der Waals surface area (Å²) in [6.07, 6.45) is 0. The van der Waals surface area contributed by atoms with Crippen molar-refractivity contribution in [3.63, 3.8) is 0 Å². The number of carbonyl (C=O) groups excluding carboxylic acids is 1. The minimum Gasteiger partial charge on any atom is -0.468 e. The average Bonchev–Trinajstić information content (AvgIpc) is 2.89. The molecule has 0 saturated heterocycles. The number of rotatable bonds is 3. The predicted molar refractivity (Wildman–Crippen MR) is 86.7 cm³/mol. The van der Waals surface area contributed by atoms with E-state index in [4.69, 9.17) is 4.74 Å². The Kier molecular flexibility index (Phi) is 3.67. The summed E-state index contributed by atoms with van der Waals surface area (Å²) < 4.78 is 6.47. The Morgan fingerprint density at radius 1 is 1.14 bits per heavy atom. The number of aromatic nitrogens is 2. The number of fused-ring (bicyclic) bond motifs is 1. The Hall–Kier alpha value is -2.62. The van der Waals surface area contributed by atoms with Crippen LogP contribution < -0.4 is 0 Å². The third-order valence-electron chi connectivity index (χ3n) is 4.02. The molecule has 0 amide bonds. The normalized spacial score (nSPS) is 10.9. The SMILES string of the molecule is COC(=O)Cn1nc(-c2cccc(C)c2C)c2ccccc21. The summed E-state index contributed by atoms with van der Waals surface area (Å²) in [4.78, 5) is 11.6. The molecule has 0 fully saturated rings. The molecule has 1 aromatic heterocycles. The van der Waals surface area contributed by atoms with E-state index < -0.39 is 0 Å². The number of benzene rings is 2. The number of hydrogen-bond acceptors (Lipinski definition) is 3. The summed E-state index contributed by atoms with van der Waals surface area (Å²) in [7, 11) is 1.39. The van der Waals surface area contributed by atoms with Crippen LogP contribution in [-0.4, -0.2) is 22.9 Å². The fourth-order valence-electron chi connectivity index (χ4n) is 2.64. The largest absolute Gasteiger partial charge is 0.468 e. The van der Waals surface area contributed by atoms with Crippen molar-refractivity contribution in [3.8, 4) is 11.3 Å². The van der Waals surface area contributed by atoms with Gasteiger partial charge >= 0.3 is 5.97 Å². The van der Waals surface area contributed by atoms with E-state index in [9.17, 15) is 4.79 Å². The predicted octanol–water partition coefficient (Wildman–Crippen LogP) is 3.49. The first-order chi connectivity index (χ1) is 10.6. The molecule has 0 spiro atoms. The number of carbonyl (C=O) groups is 1. The van der Waals surface area contributed by atoms with Gasteiger partial charge in [0.1, 0.15) is 12.2 Å². The van der Waals surface area contributed by atoms with Crippen LogP contribution >= 0.6 is 0 Å². The molecule has 0 radical (unpaired) electrons. The Balaban J connectivity index is 2.22. The van der Waals surface area contributed by atoms with Crippen LogP contribution in [-0.2, 0) is 16.1 Å². The molecule has 0 aliphatic carbocycles. The van der Waals surface area contributed by atoms with Crippen molar-refractivity contribution >= 4 is 16.9 Å². The molecule has 2 aromatic carbocycles. The standard InChI is InChI=1S/C18H18N2O2/c1-12-7-6-9-14(13(12)2)18-15-8-4-5-10-16(15)20(19-18)11-17(21)22-3/h4-10H,11H2,1-3H3. The van der Waals surface area contributed by atoms with Gasteiger partial charge in [0.15, 0.2) is 0 Å². The summed E-state index contributed by atoms with van der Waals surface area (Å²) in [5, 5.41) is 5.71. The monoisotopic (exact) mass is 294 g/mol. The Morgan fingerprint density at radius 2 is 1.91 bits per heavy atom. The van der Waals surface area contributed by atoms with Crippen molar-refractivity contribution in [2.45, 2.75) is 20.4 Å². The Labute approximate surface area is 129 Å². The molecule has 112 valence electrons. The maximum atomic E-state index is 11.6. The fraction of sp³-hybridized carbons (Fsp3) is 0.222. The van der Waals surface area contributed by atoms with Crippen molar-refractivity contribution in [1.29, 1.82) is 0 Å². The molecular formula is C18H18N2O2. The highest BCUT2D eigenvalue weighted by atomic mass is 16.5. The summed E-state index contributed by atoms with van der Waals surface area (Å²) >= 11 is 0. The molecule has 4 nitrogen and oxygen atoms in total. The second-order valence-corrected chi connectivity index (χ2v) is 5.35. The van der Waals surface area contributed by atoms with E-state index in [0.717, 1.165) is 22.2 Å². The minimum absolute atomic E-state index is 0.113. The highest BCUT2D eigenvalue weighted by Gasteiger charge is 2.15. The number of methoxy groups -OCH3 is 1. The quantitative estimate of drug-likeness (QED) is 0.694. The number of para-hydroxylation sites is 1. The van der Waals surface area contributed by atoms with Gasteiger partial charge in [-0.1, -0.05) is 36.4 Å². The van der Waals surface area contributed by atoms with Crippen LogP contribution in [0.15, 0.2) is 42.5 Å². The molecule has 0 aliphatic heterocycles. The van der Waals surface area contributed by atoms with E-state index in [1.807, 2.05) is 30.3 Å². The molecule has 1 heterocycles. The summed E-state index contributed by atoms with van der Waals surface area (Å²) in [5.74, 6) is -0.305. The first-order valence-corrected chi connectivity index (χ1v) is 7.20. The third-order valence-corrected chi connectivity index (χ3v) is 4.02. The van der Waals surface area contributed by atoms with Crippen LogP contribution in [0, 0.1) is 13.8 Å². The maximum absolute atomic E-state index is 11.6. The zero-order chi connectivity index (χ0) is 15.7. The van der Waals surface area contributed by atoms with Gasteiger partial charge < -0.3 is 4.74 Å². The van der Waals surface area contributed by atoms with Crippen molar-refractivity contribution in [1.82, 2.24) is 9.78 Å². The Bertz CT molecular complexity index is 849. The summed E-state index contributed by atoms with van der Waals surface area (Å²) in [6, 6.07) is 14.1. The van der Waals surface area contributed by atoms with E-state index >= 15 is 0 Å². The molecule has 0 aliphatic rings. The van der Waals surface area contributed by atoms with Crippen molar-refractivity contribution in [2.24, 2.45) is 0 Å². The molecule has 0 bridgehead atoms. The Morgan fingerprint density at radius 3 is 2.68 bits per heavy atom. The van der Waals surface area contributed by atoms with Crippen molar-refractivity contribution in [3.05, 3.63) is 53.6 Å². The molecule has 0 N–H and O–H groups in total. The number of esters is 1. The topological polar surface area (TPSA) is 44.1 Å². The van der Waals surface area contributed by atoms with Gasteiger partial charge in [-0.3, -0.25) is 9.48 Å². The van der Waals surface area contributed by atoms with Crippen LogP contribution in [0.2, 0.25) is 0 Å². The van der Waals surface area contributed by atoms with Gasteiger partial charge in [-0.15, -0.1) is 0 Å². The molecule has 0 saturated carbocycles. The van der Waals surface area contributed by atoms with E-state index in [-0.39, 0.29) is 12.5 Å². The molecule has 0 atom stereocenters. The molecule has 0 unspecified atom stereocenters. The van der Waals surface area contributed by atoms with Crippen LogP contribution in [0.3, 0.4) is 0 Å². The highest BCUT2D eigenvalue weighted by Crippen LogP contribution is 2.31. The fourth-order valence-corrected chi connectivity index (χ4v) is 2.64. The minimum atomic E-state index is -0.305. The first kappa shape index (κ1) is 14.3. The lowest BCUT2D eigenvalue weighted by atomic mass is 9.99. The maximum Gasteiger partial charge on any atom is 0.327 e. The van der Waals surface area contributed by atoms with Gasteiger partial charge in [-0.2, -0.15) is 5.10 Å². The second-order valence-electron chi connectivity index (χ2n) is 5.35. The number of hydrogen-bond donors (Lipinski definition) is 0. The van der Waals surface area contributed by atoms with Crippen LogP contribution in [0.4, 0.5) is 0 Å². The average molecular weight is 294 g/mol. The molecule has 3 aromatic rings. The third kappa shape index (κ3) is 2.37. The van der Waals surface area contributed by atoms with Gasteiger partial charge in [-0.25, -0.2) is 0 Å². The van der Waals surface area contributed by atoms with Crippen molar-refractivity contribution < 1.29 is 9.53 Å². The van der Waals surface area contributed by atoms with Gasteiger partial charge in [0.2, 0.25) is 0 Å². The summed E-state index contributed by atoms with van der Waals surface area (Å²) in [6.45, 7) is 4.30. The van der Waals surface area contributed by atoms with E-state index in [0.29, 0.717) is 0 Å². The van der Waals surface area contributed by atoms with Crippen LogP contribution in [0.5, 0.6) is 0 Å².